The van der Waals surface area contributed by atoms with Gasteiger partial charge in [0.15, 0.2) is 0 Å². The molecule has 1 heterocycles. The van der Waals surface area contributed by atoms with Gasteiger partial charge in [0, 0.05) is 23.8 Å². The fraction of sp³-hybridized carbons (Fsp3) is 0.625. The first-order valence-corrected chi connectivity index (χ1v) is 7.14. The predicted molar refractivity (Wildman–Crippen MR) is 80.8 cm³/mol. The van der Waals surface area contributed by atoms with Crippen LogP contribution < -0.4 is 10.2 Å². The summed E-state index contributed by atoms with van der Waals surface area (Å²) in [6.07, 6.45) is 1.08. The largest absolute Gasteiger partial charge is 0.395 e. The Morgan fingerprint density at radius 3 is 2.53 bits per heavy atom. The lowest BCUT2D eigenvalue weighted by atomic mass is 9.95. The number of hydrogen-bond donors (Lipinski definition) is 2. The highest BCUT2D eigenvalue weighted by Gasteiger charge is 2.32. The zero-order valence-corrected chi connectivity index (χ0v) is 12.5. The maximum absolute atomic E-state index is 9.50. The molecule has 106 valence electrons. The predicted octanol–water partition coefficient (Wildman–Crippen LogP) is 2.24. The van der Waals surface area contributed by atoms with E-state index < -0.39 is 0 Å². The Hall–Kier alpha value is -1.06. The Morgan fingerprint density at radius 2 is 1.95 bits per heavy atom. The van der Waals surface area contributed by atoms with Crippen LogP contribution in [0.3, 0.4) is 0 Å². The van der Waals surface area contributed by atoms with Gasteiger partial charge < -0.3 is 15.3 Å². The highest BCUT2D eigenvalue weighted by molar-refractivity contribution is 5.60. The van der Waals surface area contributed by atoms with E-state index in [2.05, 4.69) is 56.1 Å². The molecule has 1 aliphatic rings. The van der Waals surface area contributed by atoms with E-state index in [0.717, 1.165) is 19.5 Å². The van der Waals surface area contributed by atoms with Crippen LogP contribution in [0.15, 0.2) is 18.2 Å². The first-order chi connectivity index (χ1) is 8.95. The molecule has 1 atom stereocenters. The third kappa shape index (κ3) is 2.93. The van der Waals surface area contributed by atoms with Crippen LogP contribution in [0, 0.1) is 13.8 Å². The Labute approximate surface area is 116 Å². The van der Waals surface area contributed by atoms with E-state index in [0.29, 0.717) is 0 Å². The molecule has 1 saturated heterocycles. The molecule has 1 aromatic rings. The van der Waals surface area contributed by atoms with Gasteiger partial charge in [-0.05, 0) is 51.8 Å². The number of nitrogens with zero attached hydrogens (tertiary/aromatic N) is 1. The minimum atomic E-state index is 0.105. The Balaban J connectivity index is 2.43. The number of rotatable bonds is 2. The lowest BCUT2D eigenvalue weighted by molar-refractivity contribution is 0.248. The zero-order chi connectivity index (χ0) is 14.0. The molecule has 1 fully saturated rings. The van der Waals surface area contributed by atoms with Crippen molar-refractivity contribution in [3.63, 3.8) is 0 Å². The van der Waals surface area contributed by atoms with E-state index in [4.69, 9.17) is 0 Å². The number of aryl methyl sites for hydroxylation is 2. The molecule has 0 aliphatic carbocycles. The number of hydrogen-bond acceptors (Lipinski definition) is 3. The van der Waals surface area contributed by atoms with Crippen LogP contribution in [-0.2, 0) is 0 Å². The molecule has 0 bridgehead atoms. The van der Waals surface area contributed by atoms with Gasteiger partial charge in [-0.25, -0.2) is 0 Å². The SMILES string of the molecule is Cc1cccc(C)c1N1CC(CO)NCCC1(C)C. The van der Waals surface area contributed by atoms with Gasteiger partial charge in [-0.2, -0.15) is 0 Å². The van der Waals surface area contributed by atoms with Crippen molar-refractivity contribution in [2.24, 2.45) is 0 Å². The summed E-state index contributed by atoms with van der Waals surface area (Å²) in [4.78, 5) is 2.47. The normalized spacial score (nSPS) is 23.2. The Bertz CT molecular complexity index is 422. The Kier molecular flexibility index (Phi) is 4.16. The average Bonchev–Trinajstić information content (AvgIpc) is 2.48. The maximum atomic E-state index is 9.50. The lowest BCUT2D eigenvalue weighted by Gasteiger charge is -2.41. The second-order valence-corrected chi connectivity index (χ2v) is 6.25. The third-order valence-corrected chi connectivity index (χ3v) is 4.23. The smallest absolute Gasteiger partial charge is 0.0601 e. The maximum Gasteiger partial charge on any atom is 0.0601 e. The quantitative estimate of drug-likeness (QED) is 0.858. The molecule has 0 amide bonds. The number of para-hydroxylation sites is 1. The molecular formula is C16H26N2O. The van der Waals surface area contributed by atoms with E-state index in [1.54, 1.807) is 0 Å². The van der Waals surface area contributed by atoms with Gasteiger partial charge in [0.1, 0.15) is 0 Å². The van der Waals surface area contributed by atoms with E-state index >= 15 is 0 Å². The van der Waals surface area contributed by atoms with Crippen molar-refractivity contribution in [3.05, 3.63) is 29.3 Å². The van der Waals surface area contributed by atoms with Crippen molar-refractivity contribution in [1.82, 2.24) is 5.32 Å². The number of nitrogens with one attached hydrogen (secondary N) is 1. The highest BCUT2D eigenvalue weighted by atomic mass is 16.3. The standard InChI is InChI=1S/C16H26N2O/c1-12-6-5-7-13(2)15(12)18-10-14(11-19)17-9-8-16(18,3)4/h5-7,14,17,19H,8-11H2,1-4H3. The van der Waals surface area contributed by atoms with Gasteiger partial charge in [-0.1, -0.05) is 18.2 Å². The molecule has 3 heteroatoms. The molecule has 19 heavy (non-hydrogen) atoms. The van der Waals surface area contributed by atoms with Crippen molar-refractivity contribution >= 4 is 5.69 Å². The van der Waals surface area contributed by atoms with E-state index in [9.17, 15) is 5.11 Å². The molecule has 0 saturated carbocycles. The summed E-state index contributed by atoms with van der Waals surface area (Å²) in [6, 6.07) is 6.61. The topological polar surface area (TPSA) is 35.5 Å². The summed E-state index contributed by atoms with van der Waals surface area (Å²) >= 11 is 0. The molecule has 1 unspecified atom stereocenters. The van der Waals surface area contributed by atoms with Crippen molar-refractivity contribution in [2.45, 2.75) is 45.7 Å². The molecule has 2 rings (SSSR count). The number of anilines is 1. The second kappa shape index (κ2) is 5.51. The minimum Gasteiger partial charge on any atom is -0.395 e. The van der Waals surface area contributed by atoms with Gasteiger partial charge in [0.2, 0.25) is 0 Å². The summed E-state index contributed by atoms with van der Waals surface area (Å²) in [5, 5.41) is 12.9. The Morgan fingerprint density at radius 1 is 1.32 bits per heavy atom. The first-order valence-electron chi connectivity index (χ1n) is 7.14. The van der Waals surface area contributed by atoms with Gasteiger partial charge in [-0.3, -0.25) is 0 Å². The summed E-state index contributed by atoms with van der Waals surface area (Å²) in [5.41, 5.74) is 4.06. The van der Waals surface area contributed by atoms with Crippen molar-refractivity contribution in [2.75, 3.05) is 24.6 Å². The van der Waals surface area contributed by atoms with E-state index in [1.807, 2.05) is 0 Å². The summed E-state index contributed by atoms with van der Waals surface area (Å²) in [5.74, 6) is 0. The van der Waals surface area contributed by atoms with Gasteiger partial charge >= 0.3 is 0 Å². The van der Waals surface area contributed by atoms with Gasteiger partial charge in [0.25, 0.3) is 0 Å². The number of aliphatic hydroxyl groups excluding tert-OH is 1. The van der Waals surface area contributed by atoms with Crippen LogP contribution in [0.1, 0.15) is 31.4 Å². The van der Waals surface area contributed by atoms with E-state index in [-0.39, 0.29) is 18.2 Å². The van der Waals surface area contributed by atoms with Crippen LogP contribution in [0.5, 0.6) is 0 Å². The molecule has 2 N–H and O–H groups in total. The lowest BCUT2D eigenvalue weighted by Crippen LogP contribution is -2.48. The van der Waals surface area contributed by atoms with Crippen LogP contribution in [0.25, 0.3) is 0 Å². The molecule has 0 radical (unpaired) electrons. The summed E-state index contributed by atoms with van der Waals surface area (Å²) in [6.45, 7) is 10.9. The third-order valence-electron chi connectivity index (χ3n) is 4.23. The molecule has 0 aromatic heterocycles. The monoisotopic (exact) mass is 262 g/mol. The van der Waals surface area contributed by atoms with Crippen molar-refractivity contribution < 1.29 is 5.11 Å². The zero-order valence-electron chi connectivity index (χ0n) is 12.5. The molecule has 1 aromatic carbocycles. The van der Waals surface area contributed by atoms with Gasteiger partial charge in [0.05, 0.1) is 6.61 Å². The highest BCUT2D eigenvalue weighted by Crippen LogP contribution is 2.33. The fourth-order valence-electron chi connectivity index (χ4n) is 3.00. The number of aliphatic hydroxyl groups is 1. The first kappa shape index (κ1) is 14.4. The molecule has 1 aliphatic heterocycles. The van der Waals surface area contributed by atoms with Crippen LogP contribution in [0.2, 0.25) is 0 Å². The van der Waals surface area contributed by atoms with E-state index in [1.165, 1.54) is 16.8 Å². The van der Waals surface area contributed by atoms with Crippen LogP contribution in [0.4, 0.5) is 5.69 Å². The molecule has 0 spiro atoms. The number of benzene rings is 1. The molecule has 3 nitrogen and oxygen atoms in total. The van der Waals surface area contributed by atoms with Crippen molar-refractivity contribution in [1.29, 1.82) is 0 Å². The van der Waals surface area contributed by atoms with Crippen LogP contribution >= 0.6 is 0 Å². The van der Waals surface area contributed by atoms with Crippen molar-refractivity contribution in [3.8, 4) is 0 Å². The summed E-state index contributed by atoms with van der Waals surface area (Å²) < 4.78 is 0. The second-order valence-electron chi connectivity index (χ2n) is 6.25. The molecular weight excluding hydrogens is 236 g/mol. The fourth-order valence-corrected chi connectivity index (χ4v) is 3.00. The summed E-state index contributed by atoms with van der Waals surface area (Å²) in [7, 11) is 0. The average molecular weight is 262 g/mol. The van der Waals surface area contributed by atoms with Crippen LogP contribution in [-0.4, -0.2) is 36.4 Å². The van der Waals surface area contributed by atoms with Gasteiger partial charge in [-0.15, -0.1) is 0 Å². The minimum absolute atomic E-state index is 0.105.